The maximum absolute atomic E-state index is 3.61. The summed E-state index contributed by atoms with van der Waals surface area (Å²) in [6, 6.07) is 7.84. The third kappa shape index (κ3) is 4.70. The molecule has 1 aliphatic rings. The molecule has 21 heavy (non-hydrogen) atoms. The molecule has 1 N–H and O–H groups in total. The van der Waals surface area contributed by atoms with E-state index >= 15 is 0 Å². The Labute approximate surface area is 137 Å². The highest BCUT2D eigenvalue weighted by molar-refractivity contribution is 9.10. The van der Waals surface area contributed by atoms with Crippen LogP contribution in [0.25, 0.3) is 0 Å². The van der Waals surface area contributed by atoms with E-state index in [2.05, 4.69) is 77.2 Å². The smallest absolute Gasteiger partial charge is 0.0417 e. The summed E-state index contributed by atoms with van der Waals surface area (Å²) < 4.78 is 1.16. The van der Waals surface area contributed by atoms with Gasteiger partial charge in [0.15, 0.2) is 0 Å². The molecule has 0 spiro atoms. The van der Waals surface area contributed by atoms with Crippen molar-refractivity contribution in [1.29, 1.82) is 0 Å². The zero-order chi connectivity index (χ0) is 15.4. The Balaban J connectivity index is 2.20. The van der Waals surface area contributed by atoms with Gasteiger partial charge in [-0.3, -0.25) is 0 Å². The van der Waals surface area contributed by atoms with E-state index in [0.717, 1.165) is 17.6 Å². The van der Waals surface area contributed by atoms with Crippen LogP contribution in [0.5, 0.6) is 0 Å². The quantitative estimate of drug-likeness (QED) is 0.844. The number of benzene rings is 1. The van der Waals surface area contributed by atoms with Crippen LogP contribution in [0.2, 0.25) is 0 Å². The summed E-state index contributed by atoms with van der Waals surface area (Å²) in [5, 5.41) is 3.55. The molecule has 1 fully saturated rings. The van der Waals surface area contributed by atoms with E-state index in [0.29, 0.717) is 12.1 Å². The fraction of sp³-hybridized carbons (Fsp3) is 0.647. The number of rotatable bonds is 6. The molecule has 0 aliphatic carbocycles. The van der Waals surface area contributed by atoms with Crippen LogP contribution in [0.3, 0.4) is 0 Å². The van der Waals surface area contributed by atoms with Crippen molar-refractivity contribution >= 4 is 21.6 Å². The maximum Gasteiger partial charge on any atom is 0.0417 e. The molecule has 118 valence electrons. The first-order valence-corrected chi connectivity index (χ1v) is 8.70. The van der Waals surface area contributed by atoms with Crippen LogP contribution in [0.15, 0.2) is 22.7 Å². The van der Waals surface area contributed by atoms with E-state index in [1.165, 1.54) is 30.6 Å². The zero-order valence-electron chi connectivity index (χ0n) is 13.7. The van der Waals surface area contributed by atoms with Crippen molar-refractivity contribution in [2.24, 2.45) is 0 Å². The molecular formula is C17H28BrN3. The van der Waals surface area contributed by atoms with Gasteiger partial charge in [0.1, 0.15) is 0 Å². The SMILES string of the molecule is CC(C)NCc1cc(Br)ccc1N1CCCC1CN(C)C. The summed E-state index contributed by atoms with van der Waals surface area (Å²) in [4.78, 5) is 4.90. The second-order valence-electron chi connectivity index (χ2n) is 6.56. The Morgan fingerprint density at radius 2 is 2.14 bits per heavy atom. The molecular weight excluding hydrogens is 326 g/mol. The summed E-state index contributed by atoms with van der Waals surface area (Å²) in [5.41, 5.74) is 2.79. The number of hydrogen-bond donors (Lipinski definition) is 1. The van der Waals surface area contributed by atoms with Crippen molar-refractivity contribution in [2.45, 2.75) is 45.3 Å². The molecule has 1 atom stereocenters. The molecule has 3 nitrogen and oxygen atoms in total. The van der Waals surface area contributed by atoms with Gasteiger partial charge in [0.2, 0.25) is 0 Å². The fourth-order valence-electron chi connectivity index (χ4n) is 3.05. The molecule has 0 aromatic heterocycles. The highest BCUT2D eigenvalue weighted by Crippen LogP contribution is 2.31. The Morgan fingerprint density at radius 1 is 1.38 bits per heavy atom. The van der Waals surface area contributed by atoms with Gasteiger partial charge in [0, 0.05) is 41.9 Å². The van der Waals surface area contributed by atoms with Gasteiger partial charge in [0.05, 0.1) is 0 Å². The van der Waals surface area contributed by atoms with Gasteiger partial charge >= 0.3 is 0 Å². The van der Waals surface area contributed by atoms with Gasteiger partial charge in [-0.05, 0) is 50.7 Å². The van der Waals surface area contributed by atoms with Crippen LogP contribution in [-0.4, -0.2) is 44.2 Å². The number of nitrogens with zero attached hydrogens (tertiary/aromatic N) is 2. The molecule has 1 aromatic carbocycles. The fourth-order valence-corrected chi connectivity index (χ4v) is 3.46. The lowest BCUT2D eigenvalue weighted by molar-refractivity contribution is 0.372. The Bertz CT molecular complexity index is 459. The molecule has 4 heteroatoms. The predicted molar refractivity (Wildman–Crippen MR) is 95.0 cm³/mol. The minimum Gasteiger partial charge on any atom is -0.367 e. The third-order valence-electron chi connectivity index (χ3n) is 4.00. The van der Waals surface area contributed by atoms with E-state index in [4.69, 9.17) is 0 Å². The first-order chi connectivity index (χ1) is 9.97. The van der Waals surface area contributed by atoms with Crippen molar-refractivity contribution in [3.8, 4) is 0 Å². The van der Waals surface area contributed by atoms with Crippen LogP contribution < -0.4 is 10.2 Å². The Morgan fingerprint density at radius 3 is 2.81 bits per heavy atom. The average molecular weight is 354 g/mol. The van der Waals surface area contributed by atoms with Crippen molar-refractivity contribution in [3.63, 3.8) is 0 Å². The van der Waals surface area contributed by atoms with Crippen LogP contribution in [0.4, 0.5) is 5.69 Å². The van der Waals surface area contributed by atoms with Crippen molar-refractivity contribution in [2.75, 3.05) is 32.1 Å². The first-order valence-electron chi connectivity index (χ1n) is 7.90. The zero-order valence-corrected chi connectivity index (χ0v) is 15.3. The standard InChI is InChI=1S/C17H28BrN3/c1-13(2)19-11-14-10-15(18)7-8-17(14)21-9-5-6-16(21)12-20(3)4/h7-8,10,13,16,19H,5-6,9,11-12H2,1-4H3. The lowest BCUT2D eigenvalue weighted by atomic mass is 10.1. The van der Waals surface area contributed by atoms with Gasteiger partial charge < -0.3 is 15.1 Å². The van der Waals surface area contributed by atoms with E-state index in [-0.39, 0.29) is 0 Å². The molecule has 0 bridgehead atoms. The second-order valence-corrected chi connectivity index (χ2v) is 7.48. The minimum absolute atomic E-state index is 0.507. The van der Waals surface area contributed by atoms with Crippen LogP contribution in [0.1, 0.15) is 32.3 Å². The number of nitrogens with one attached hydrogen (secondary N) is 1. The molecule has 0 amide bonds. The summed E-state index contributed by atoms with van der Waals surface area (Å²) in [6.07, 6.45) is 2.59. The van der Waals surface area contributed by atoms with E-state index in [9.17, 15) is 0 Å². The van der Waals surface area contributed by atoms with Gasteiger partial charge in [-0.15, -0.1) is 0 Å². The second kappa shape index (κ2) is 7.61. The number of halogens is 1. The summed E-state index contributed by atoms with van der Waals surface area (Å²) in [6.45, 7) is 7.63. The van der Waals surface area contributed by atoms with Gasteiger partial charge in [-0.1, -0.05) is 29.8 Å². The molecule has 1 saturated heterocycles. The van der Waals surface area contributed by atoms with Gasteiger partial charge in [-0.2, -0.15) is 0 Å². The molecule has 0 saturated carbocycles. The van der Waals surface area contributed by atoms with Crippen molar-refractivity contribution in [1.82, 2.24) is 10.2 Å². The lowest BCUT2D eigenvalue weighted by Gasteiger charge is -2.31. The Hall–Kier alpha value is -0.580. The highest BCUT2D eigenvalue weighted by atomic mass is 79.9. The number of hydrogen-bond acceptors (Lipinski definition) is 3. The largest absolute Gasteiger partial charge is 0.367 e. The van der Waals surface area contributed by atoms with Gasteiger partial charge in [0.25, 0.3) is 0 Å². The number of anilines is 1. The van der Waals surface area contributed by atoms with E-state index < -0.39 is 0 Å². The monoisotopic (exact) mass is 353 g/mol. The van der Waals surface area contributed by atoms with E-state index in [1.807, 2.05) is 0 Å². The molecule has 2 rings (SSSR count). The maximum atomic E-state index is 3.61. The van der Waals surface area contributed by atoms with Crippen molar-refractivity contribution < 1.29 is 0 Å². The van der Waals surface area contributed by atoms with Gasteiger partial charge in [-0.25, -0.2) is 0 Å². The predicted octanol–water partition coefficient (Wildman–Crippen LogP) is 3.48. The molecule has 0 radical (unpaired) electrons. The summed E-state index contributed by atoms with van der Waals surface area (Å²) in [5.74, 6) is 0. The lowest BCUT2D eigenvalue weighted by Crippen LogP contribution is -2.38. The summed E-state index contributed by atoms with van der Waals surface area (Å²) in [7, 11) is 4.33. The molecule has 1 unspecified atom stereocenters. The molecule has 1 aromatic rings. The van der Waals surface area contributed by atoms with Crippen LogP contribution >= 0.6 is 15.9 Å². The van der Waals surface area contributed by atoms with Crippen LogP contribution in [0, 0.1) is 0 Å². The van der Waals surface area contributed by atoms with Crippen molar-refractivity contribution in [3.05, 3.63) is 28.2 Å². The normalized spacial score (nSPS) is 19.0. The first kappa shape index (κ1) is 16.8. The minimum atomic E-state index is 0.507. The average Bonchev–Trinajstić information content (AvgIpc) is 2.83. The molecule has 1 heterocycles. The molecule has 1 aliphatic heterocycles. The summed E-state index contributed by atoms with van der Waals surface area (Å²) >= 11 is 3.61. The topological polar surface area (TPSA) is 18.5 Å². The third-order valence-corrected chi connectivity index (χ3v) is 4.50. The number of likely N-dealkylation sites (N-methyl/N-ethyl adjacent to an activating group) is 1. The van der Waals surface area contributed by atoms with Crippen LogP contribution in [-0.2, 0) is 6.54 Å². The Kier molecular flexibility index (Phi) is 6.08. The highest BCUT2D eigenvalue weighted by Gasteiger charge is 2.26. The van der Waals surface area contributed by atoms with E-state index in [1.54, 1.807) is 0 Å².